The van der Waals surface area contributed by atoms with E-state index >= 15 is 0 Å². The number of benzene rings is 1. The number of anilines is 1. The number of aromatic nitrogens is 1. The lowest BCUT2D eigenvalue weighted by Crippen LogP contribution is -2.48. The van der Waals surface area contributed by atoms with Crippen LogP contribution in [0.4, 0.5) is 5.13 Å². The van der Waals surface area contributed by atoms with Crippen LogP contribution in [0.5, 0.6) is 0 Å². The van der Waals surface area contributed by atoms with Gasteiger partial charge in [0.15, 0.2) is 5.13 Å². The highest BCUT2D eigenvalue weighted by Crippen LogP contribution is 2.28. The van der Waals surface area contributed by atoms with Crippen molar-refractivity contribution in [1.29, 1.82) is 0 Å². The Labute approximate surface area is 140 Å². The Morgan fingerprint density at radius 2 is 2.26 bits per heavy atom. The molecule has 1 atom stereocenters. The molecule has 1 aliphatic heterocycles. The third-order valence-corrected chi connectivity index (χ3v) is 5.20. The summed E-state index contributed by atoms with van der Waals surface area (Å²) in [5.74, 6) is 0.0365. The van der Waals surface area contributed by atoms with Crippen molar-refractivity contribution in [3.8, 4) is 0 Å². The normalized spacial score (nSPS) is 20.4. The minimum atomic E-state index is -0.158. The lowest BCUT2D eigenvalue weighted by atomic mass is 9.94. The number of nitrogens with one attached hydrogen (secondary N) is 1. The van der Waals surface area contributed by atoms with E-state index in [9.17, 15) is 4.79 Å². The van der Waals surface area contributed by atoms with E-state index in [1.807, 2.05) is 30.1 Å². The van der Waals surface area contributed by atoms with E-state index in [0.717, 1.165) is 28.2 Å². The zero-order valence-electron chi connectivity index (χ0n) is 13.8. The number of amides is 1. The summed E-state index contributed by atoms with van der Waals surface area (Å²) >= 11 is 1.61. The molecule has 0 aliphatic carbocycles. The largest absolute Gasteiger partial charge is 0.375 e. The molecule has 1 amide bonds. The summed E-state index contributed by atoms with van der Waals surface area (Å²) in [5.41, 5.74) is 0.820. The van der Waals surface area contributed by atoms with Gasteiger partial charge in [0, 0.05) is 19.7 Å². The van der Waals surface area contributed by atoms with Gasteiger partial charge in [-0.1, -0.05) is 23.5 Å². The first kappa shape index (κ1) is 16.2. The summed E-state index contributed by atoms with van der Waals surface area (Å²) in [6.07, 6.45) is 1.73. The number of hydrogen-bond acceptors (Lipinski definition) is 5. The summed E-state index contributed by atoms with van der Waals surface area (Å²) < 4.78 is 6.83. The first-order valence-corrected chi connectivity index (χ1v) is 8.75. The monoisotopic (exact) mass is 333 g/mol. The van der Waals surface area contributed by atoms with Gasteiger partial charge in [-0.05, 0) is 38.8 Å². The smallest absolute Gasteiger partial charge is 0.239 e. The van der Waals surface area contributed by atoms with Crippen LogP contribution in [-0.4, -0.2) is 42.7 Å². The molecule has 0 unspecified atom stereocenters. The molecule has 0 spiro atoms. The minimum absolute atomic E-state index is 0.0365. The summed E-state index contributed by atoms with van der Waals surface area (Å²) in [5, 5.41) is 3.99. The van der Waals surface area contributed by atoms with Crippen LogP contribution in [0, 0.1) is 0 Å². The fraction of sp³-hybridized carbons (Fsp3) is 0.529. The molecule has 124 valence electrons. The van der Waals surface area contributed by atoms with Gasteiger partial charge in [-0.25, -0.2) is 4.98 Å². The van der Waals surface area contributed by atoms with Gasteiger partial charge in [-0.3, -0.25) is 4.79 Å². The summed E-state index contributed by atoms with van der Waals surface area (Å²) in [4.78, 5) is 18.8. The van der Waals surface area contributed by atoms with Crippen molar-refractivity contribution in [1.82, 2.24) is 10.3 Å². The molecule has 2 aromatic rings. The lowest BCUT2D eigenvalue weighted by Gasteiger charge is -2.36. The fourth-order valence-corrected chi connectivity index (χ4v) is 3.86. The first-order valence-electron chi connectivity index (χ1n) is 7.93. The van der Waals surface area contributed by atoms with Crippen molar-refractivity contribution in [3.05, 3.63) is 24.3 Å². The van der Waals surface area contributed by atoms with E-state index in [4.69, 9.17) is 4.74 Å². The Bertz CT molecular complexity index is 665. The van der Waals surface area contributed by atoms with Gasteiger partial charge in [-0.2, -0.15) is 0 Å². The van der Waals surface area contributed by atoms with Crippen LogP contribution in [0.15, 0.2) is 24.3 Å². The maximum atomic E-state index is 12.3. The van der Waals surface area contributed by atoms with Crippen LogP contribution in [-0.2, 0) is 9.53 Å². The maximum absolute atomic E-state index is 12.3. The summed E-state index contributed by atoms with van der Waals surface area (Å²) in [6, 6.07) is 8.21. The van der Waals surface area contributed by atoms with E-state index in [0.29, 0.717) is 13.2 Å². The molecule has 2 heterocycles. The SMILES string of the molecule is CN(CC(=O)N[C@@H]1CCOC(C)(C)C1)c1nc2ccccc2s1. The van der Waals surface area contributed by atoms with Gasteiger partial charge in [0.25, 0.3) is 0 Å². The van der Waals surface area contributed by atoms with Crippen molar-refractivity contribution in [2.45, 2.75) is 38.3 Å². The second-order valence-corrected chi connectivity index (χ2v) is 7.69. The van der Waals surface area contributed by atoms with Crippen molar-refractivity contribution in [2.75, 3.05) is 25.1 Å². The second kappa shape index (κ2) is 6.45. The van der Waals surface area contributed by atoms with Crippen LogP contribution in [0.3, 0.4) is 0 Å². The van der Waals surface area contributed by atoms with Gasteiger partial charge < -0.3 is 15.0 Å². The maximum Gasteiger partial charge on any atom is 0.239 e. The molecule has 1 saturated heterocycles. The Morgan fingerprint density at radius 1 is 1.48 bits per heavy atom. The number of ether oxygens (including phenoxy) is 1. The zero-order valence-corrected chi connectivity index (χ0v) is 14.7. The first-order chi connectivity index (χ1) is 10.9. The standard InChI is InChI=1S/C17H23N3O2S/c1-17(2)10-12(8-9-22-17)18-15(21)11-20(3)16-19-13-6-4-5-7-14(13)23-16/h4-7,12H,8-11H2,1-3H3,(H,18,21)/t12-/m1/s1. The number of rotatable bonds is 4. The molecule has 1 aromatic heterocycles. The zero-order chi connectivity index (χ0) is 16.4. The highest BCUT2D eigenvalue weighted by Gasteiger charge is 2.29. The van der Waals surface area contributed by atoms with E-state index in [1.165, 1.54) is 0 Å². The van der Waals surface area contributed by atoms with Gasteiger partial charge >= 0.3 is 0 Å². The molecule has 1 aliphatic rings. The average Bonchev–Trinajstić information content (AvgIpc) is 2.90. The Hall–Kier alpha value is -1.66. The molecule has 1 aromatic carbocycles. The van der Waals surface area contributed by atoms with Crippen LogP contribution >= 0.6 is 11.3 Å². The number of carbonyl (C=O) groups excluding carboxylic acids is 1. The molecule has 3 rings (SSSR count). The Balaban J connectivity index is 1.58. The molecule has 0 bridgehead atoms. The summed E-state index contributed by atoms with van der Waals surface area (Å²) in [7, 11) is 1.91. The Kier molecular flexibility index (Phi) is 4.55. The van der Waals surface area contributed by atoms with Crippen LogP contribution < -0.4 is 10.2 Å². The fourth-order valence-electron chi connectivity index (χ4n) is 2.93. The van der Waals surface area contributed by atoms with Crippen molar-refractivity contribution < 1.29 is 9.53 Å². The van der Waals surface area contributed by atoms with E-state index < -0.39 is 0 Å². The number of nitrogens with zero attached hydrogens (tertiary/aromatic N) is 2. The second-order valence-electron chi connectivity index (χ2n) is 6.69. The highest BCUT2D eigenvalue weighted by atomic mass is 32.1. The molecule has 1 fully saturated rings. The number of likely N-dealkylation sites (N-methyl/N-ethyl adjacent to an activating group) is 1. The highest BCUT2D eigenvalue weighted by molar-refractivity contribution is 7.22. The number of hydrogen-bond donors (Lipinski definition) is 1. The molecular weight excluding hydrogens is 310 g/mol. The predicted molar refractivity (Wildman–Crippen MR) is 94.1 cm³/mol. The third kappa shape index (κ3) is 4.00. The number of para-hydroxylation sites is 1. The topological polar surface area (TPSA) is 54.5 Å². The van der Waals surface area contributed by atoms with Crippen LogP contribution in [0.2, 0.25) is 0 Å². The number of fused-ring (bicyclic) bond motifs is 1. The third-order valence-electron chi connectivity index (χ3n) is 4.05. The molecule has 6 heteroatoms. The predicted octanol–water partition coefficient (Wildman–Crippen LogP) is 2.81. The molecular formula is C17H23N3O2S. The van der Waals surface area contributed by atoms with Gasteiger partial charge in [0.05, 0.1) is 22.4 Å². The molecule has 1 N–H and O–H groups in total. The Morgan fingerprint density at radius 3 is 3.00 bits per heavy atom. The van der Waals surface area contributed by atoms with Gasteiger partial charge in [-0.15, -0.1) is 0 Å². The van der Waals surface area contributed by atoms with Crippen molar-refractivity contribution in [3.63, 3.8) is 0 Å². The van der Waals surface area contributed by atoms with E-state index in [1.54, 1.807) is 11.3 Å². The minimum Gasteiger partial charge on any atom is -0.375 e. The number of carbonyl (C=O) groups is 1. The van der Waals surface area contributed by atoms with E-state index in [-0.39, 0.29) is 17.6 Å². The quantitative estimate of drug-likeness (QED) is 0.935. The van der Waals surface area contributed by atoms with Crippen molar-refractivity contribution in [2.24, 2.45) is 0 Å². The van der Waals surface area contributed by atoms with Gasteiger partial charge in [0.1, 0.15) is 0 Å². The van der Waals surface area contributed by atoms with Crippen LogP contribution in [0.1, 0.15) is 26.7 Å². The molecule has 0 radical (unpaired) electrons. The van der Waals surface area contributed by atoms with Gasteiger partial charge in [0.2, 0.25) is 5.91 Å². The van der Waals surface area contributed by atoms with Crippen molar-refractivity contribution >= 4 is 32.6 Å². The van der Waals surface area contributed by atoms with E-state index in [2.05, 4.69) is 30.2 Å². The average molecular weight is 333 g/mol. The summed E-state index contributed by atoms with van der Waals surface area (Å²) in [6.45, 7) is 5.15. The molecule has 0 saturated carbocycles. The lowest BCUT2D eigenvalue weighted by molar-refractivity contribution is -0.122. The molecule has 23 heavy (non-hydrogen) atoms. The molecule has 5 nitrogen and oxygen atoms in total. The number of thiazole rings is 1. The van der Waals surface area contributed by atoms with Crippen LogP contribution in [0.25, 0.3) is 10.2 Å².